The van der Waals surface area contributed by atoms with Crippen LogP contribution in [0.15, 0.2) is 18.7 Å². The minimum Gasteiger partial charge on any atom is -0.364 e. The number of carbonyl (C=O) groups is 1. The number of hydrogen-bond acceptors (Lipinski definition) is 1. The number of imidazole rings is 1. The molecule has 104 valence electrons. The minimum atomic E-state index is -4.76. The van der Waals surface area contributed by atoms with Gasteiger partial charge in [-0.1, -0.05) is 0 Å². The second-order valence-corrected chi connectivity index (χ2v) is 3.74. The van der Waals surface area contributed by atoms with Crippen molar-refractivity contribution >= 4 is 5.91 Å². The molecule has 1 heterocycles. The molecule has 0 saturated carbocycles. The number of nitrogens with two attached hydrogens (primary N) is 1. The Morgan fingerprint density at radius 1 is 1.39 bits per heavy atom. The van der Waals surface area contributed by atoms with Crippen molar-refractivity contribution in [1.82, 2.24) is 4.57 Å². The van der Waals surface area contributed by atoms with Crippen molar-refractivity contribution in [2.75, 3.05) is 0 Å². The fraction of sp³-hybridized carbons (Fsp3) is 0.600. The predicted molar refractivity (Wildman–Crippen MR) is 56.0 cm³/mol. The van der Waals surface area contributed by atoms with Gasteiger partial charge in [0, 0.05) is 6.92 Å². The van der Waals surface area contributed by atoms with Gasteiger partial charge in [0.05, 0.1) is 13.6 Å². The molecule has 1 rings (SSSR count). The lowest BCUT2D eigenvalue weighted by Gasteiger charge is -2.18. The van der Waals surface area contributed by atoms with Crippen LogP contribution in [0, 0.1) is 0 Å². The van der Waals surface area contributed by atoms with Crippen molar-refractivity contribution in [2.24, 2.45) is 12.8 Å². The molecule has 18 heavy (non-hydrogen) atoms. The molecule has 8 heteroatoms. The fourth-order valence-electron chi connectivity index (χ4n) is 0.905. The molecule has 2 N–H and O–H groups in total. The number of primary amides is 1. The van der Waals surface area contributed by atoms with Crippen LogP contribution < -0.4 is 10.3 Å². The zero-order chi connectivity index (χ0) is 14.6. The third kappa shape index (κ3) is 4.34. The van der Waals surface area contributed by atoms with Gasteiger partial charge in [-0.25, -0.2) is 9.13 Å². The van der Waals surface area contributed by atoms with Crippen LogP contribution in [-0.4, -0.2) is 22.3 Å². The zero-order valence-electron chi connectivity index (χ0n) is 10.3. The van der Waals surface area contributed by atoms with Crippen LogP contribution in [-0.2, 0) is 18.4 Å². The van der Waals surface area contributed by atoms with Crippen molar-refractivity contribution < 1.29 is 26.9 Å². The number of nitrogens with zero attached hydrogens (tertiary/aromatic N) is 2. The summed E-state index contributed by atoms with van der Waals surface area (Å²) in [5, 5.41) is 0. The van der Waals surface area contributed by atoms with Crippen molar-refractivity contribution in [3.63, 3.8) is 0 Å². The summed E-state index contributed by atoms with van der Waals surface area (Å²) in [4.78, 5) is 9.66. The van der Waals surface area contributed by atoms with Gasteiger partial charge < -0.3 is 5.73 Å². The topological polar surface area (TPSA) is 51.9 Å². The molecule has 0 fully saturated rings. The van der Waals surface area contributed by atoms with Crippen molar-refractivity contribution in [3.8, 4) is 0 Å². The Hall–Kier alpha value is -1.60. The highest BCUT2D eigenvalue weighted by molar-refractivity contribution is 5.82. The Morgan fingerprint density at radius 2 is 1.89 bits per heavy atom. The van der Waals surface area contributed by atoms with E-state index < -0.39 is 17.8 Å². The van der Waals surface area contributed by atoms with Gasteiger partial charge in [-0.3, -0.25) is 4.79 Å². The van der Waals surface area contributed by atoms with E-state index in [2.05, 4.69) is 29.7 Å². The first-order valence-electron chi connectivity index (χ1n) is 5.09. The van der Waals surface area contributed by atoms with Gasteiger partial charge in [0.2, 0.25) is 6.33 Å². The van der Waals surface area contributed by atoms with Gasteiger partial charge in [0.1, 0.15) is 12.4 Å². The standard InChI is InChI=1S/C6H11N2.C4H5F4NO/c1-3-8-5-4-7(2)6-8;1-3(5,6)4(7,8)2(9)10/h4-6H,3H2,1-2H3;1H3,(H2,9,10)/q+1;. The number of amides is 1. The predicted octanol–water partition coefficient (Wildman–Crippen LogP) is 1.09. The molecule has 0 aliphatic heterocycles. The summed E-state index contributed by atoms with van der Waals surface area (Å²) in [6.45, 7) is 3.11. The van der Waals surface area contributed by atoms with E-state index in [1.54, 1.807) is 0 Å². The molecule has 4 nitrogen and oxygen atoms in total. The highest BCUT2D eigenvalue weighted by Gasteiger charge is 2.57. The van der Waals surface area contributed by atoms with Crippen LogP contribution in [0.3, 0.4) is 0 Å². The van der Waals surface area contributed by atoms with Crippen LogP contribution >= 0.6 is 0 Å². The summed E-state index contributed by atoms with van der Waals surface area (Å²) in [6, 6.07) is 0. The molecule has 1 aromatic rings. The van der Waals surface area contributed by atoms with Gasteiger partial charge in [-0.05, 0) is 6.92 Å². The van der Waals surface area contributed by atoms with Crippen LogP contribution in [0.4, 0.5) is 17.6 Å². The van der Waals surface area contributed by atoms with E-state index in [4.69, 9.17) is 0 Å². The Bertz CT molecular complexity index is 398. The minimum absolute atomic E-state index is 0.0717. The summed E-state index contributed by atoms with van der Waals surface area (Å²) < 4.78 is 51.2. The molecule has 0 aliphatic carbocycles. The first-order chi connectivity index (χ1) is 8.02. The van der Waals surface area contributed by atoms with Gasteiger partial charge in [0.15, 0.2) is 0 Å². The monoisotopic (exact) mass is 270 g/mol. The van der Waals surface area contributed by atoms with E-state index in [0.717, 1.165) is 6.54 Å². The molecule has 0 aliphatic rings. The zero-order valence-corrected chi connectivity index (χ0v) is 10.3. The summed E-state index contributed by atoms with van der Waals surface area (Å²) in [5.41, 5.74) is 3.99. The number of carbonyl (C=O) groups excluding carboxylic acids is 1. The maximum absolute atomic E-state index is 11.8. The molecule has 0 radical (unpaired) electrons. The Kier molecular flexibility index (Phi) is 5.31. The highest BCUT2D eigenvalue weighted by Crippen LogP contribution is 2.32. The SMILES string of the molecule is CC(F)(F)C(F)(F)C(N)=O.CCn1cc[n+](C)c1. The molecular formula is C10H16F4N3O+. The maximum Gasteiger partial charge on any atom is 0.385 e. The van der Waals surface area contributed by atoms with Gasteiger partial charge in [-0.2, -0.15) is 17.6 Å². The van der Waals surface area contributed by atoms with E-state index in [1.165, 1.54) is 0 Å². The normalized spacial score (nSPS) is 11.7. The van der Waals surface area contributed by atoms with Crippen molar-refractivity contribution in [3.05, 3.63) is 18.7 Å². The van der Waals surface area contributed by atoms with Gasteiger partial charge >= 0.3 is 11.8 Å². The molecule has 1 aromatic heterocycles. The second-order valence-electron chi connectivity index (χ2n) is 3.74. The maximum atomic E-state index is 11.8. The lowest BCUT2D eigenvalue weighted by molar-refractivity contribution is -0.671. The summed E-state index contributed by atoms with van der Waals surface area (Å²) >= 11 is 0. The lowest BCUT2D eigenvalue weighted by Crippen LogP contribution is -2.48. The molecule has 0 bridgehead atoms. The molecule has 0 spiro atoms. The van der Waals surface area contributed by atoms with Crippen LogP contribution in [0.5, 0.6) is 0 Å². The molecule has 0 atom stereocenters. The average molecular weight is 270 g/mol. The summed E-state index contributed by atoms with van der Waals surface area (Å²) in [5.74, 6) is -11.5. The van der Waals surface area contributed by atoms with Crippen molar-refractivity contribution in [2.45, 2.75) is 32.2 Å². The first-order valence-corrected chi connectivity index (χ1v) is 5.09. The lowest BCUT2D eigenvalue weighted by atomic mass is 10.2. The number of rotatable bonds is 3. The van der Waals surface area contributed by atoms with E-state index in [0.29, 0.717) is 0 Å². The van der Waals surface area contributed by atoms with E-state index in [1.807, 2.05) is 17.8 Å². The molecule has 0 unspecified atom stereocenters. The van der Waals surface area contributed by atoms with E-state index in [-0.39, 0.29) is 6.92 Å². The smallest absolute Gasteiger partial charge is 0.364 e. The first kappa shape index (κ1) is 16.4. The van der Waals surface area contributed by atoms with Crippen LogP contribution in [0.2, 0.25) is 0 Å². The Labute approximate surface area is 102 Å². The summed E-state index contributed by atoms with van der Waals surface area (Å²) in [7, 11) is 2.02. The Morgan fingerprint density at radius 3 is 2.00 bits per heavy atom. The largest absolute Gasteiger partial charge is 0.385 e. The summed E-state index contributed by atoms with van der Waals surface area (Å²) in [6.07, 6.45) is 6.14. The number of hydrogen-bond donors (Lipinski definition) is 1. The second kappa shape index (κ2) is 5.83. The van der Waals surface area contributed by atoms with Crippen LogP contribution in [0.1, 0.15) is 13.8 Å². The number of halogens is 4. The number of aryl methyl sites for hydroxylation is 2. The molecule has 1 amide bonds. The third-order valence-corrected chi connectivity index (χ3v) is 2.05. The molecule has 0 saturated heterocycles. The third-order valence-electron chi connectivity index (χ3n) is 2.05. The number of aromatic nitrogens is 2. The quantitative estimate of drug-likeness (QED) is 0.649. The van der Waals surface area contributed by atoms with Crippen LogP contribution in [0.25, 0.3) is 0 Å². The Balaban J connectivity index is 0.000000327. The van der Waals surface area contributed by atoms with Gasteiger partial charge in [-0.15, -0.1) is 0 Å². The molecular weight excluding hydrogens is 254 g/mol. The van der Waals surface area contributed by atoms with Gasteiger partial charge in [0.25, 0.3) is 5.91 Å². The fourth-order valence-corrected chi connectivity index (χ4v) is 0.905. The average Bonchev–Trinajstić information content (AvgIpc) is 2.63. The highest BCUT2D eigenvalue weighted by atomic mass is 19.3. The van der Waals surface area contributed by atoms with E-state index in [9.17, 15) is 22.4 Å². The van der Waals surface area contributed by atoms with E-state index >= 15 is 0 Å². The number of alkyl halides is 4. The molecule has 0 aromatic carbocycles. The van der Waals surface area contributed by atoms with Crippen molar-refractivity contribution in [1.29, 1.82) is 0 Å².